The van der Waals surface area contributed by atoms with Crippen LogP contribution in [0.15, 0.2) is 24.8 Å². The Morgan fingerprint density at radius 3 is 2.25 bits per heavy atom. The normalized spacial score (nSPS) is 26.8. The summed E-state index contributed by atoms with van der Waals surface area (Å²) in [5, 5.41) is 6.36. The molecule has 0 saturated heterocycles. The van der Waals surface area contributed by atoms with Crippen LogP contribution in [0.1, 0.15) is 69.8 Å². The molecule has 3 aliphatic carbocycles. The molecule has 2 amide bonds. The Morgan fingerprint density at radius 1 is 1.04 bits per heavy atom. The van der Waals surface area contributed by atoms with E-state index < -0.39 is 5.60 Å². The standard InChI is InChI=1S/C20H27N5O3/c1-18(2,3)28-17(27)24-20-7-4-19(5-8-20,6-9-20)23-16(26)14-12-22-15-13-21-10-11-25(14)15/h10-13H,4-9H2,1-3H3,(H,23,26)(H,24,27). The smallest absolute Gasteiger partial charge is 0.408 e. The largest absolute Gasteiger partial charge is 0.444 e. The number of carbonyl (C=O) groups is 2. The molecule has 3 saturated carbocycles. The Balaban J connectivity index is 1.41. The van der Waals surface area contributed by atoms with Crippen molar-refractivity contribution in [3.05, 3.63) is 30.5 Å². The van der Waals surface area contributed by atoms with Gasteiger partial charge in [0, 0.05) is 23.5 Å². The quantitative estimate of drug-likeness (QED) is 0.847. The van der Waals surface area contributed by atoms with Crippen LogP contribution in [0.25, 0.3) is 5.65 Å². The molecule has 0 aliphatic heterocycles. The van der Waals surface area contributed by atoms with Gasteiger partial charge in [-0.1, -0.05) is 0 Å². The molecule has 3 fully saturated rings. The summed E-state index contributed by atoms with van der Waals surface area (Å²) in [5.41, 5.74) is 0.222. The summed E-state index contributed by atoms with van der Waals surface area (Å²) in [7, 11) is 0. The van der Waals surface area contributed by atoms with E-state index in [1.807, 2.05) is 20.8 Å². The Kier molecular flexibility index (Phi) is 4.32. The van der Waals surface area contributed by atoms with Gasteiger partial charge in [0.05, 0.1) is 12.4 Å². The molecule has 0 aromatic carbocycles. The van der Waals surface area contributed by atoms with Crippen molar-refractivity contribution in [3.63, 3.8) is 0 Å². The molecule has 2 aromatic rings. The van der Waals surface area contributed by atoms with E-state index in [1.165, 1.54) is 0 Å². The van der Waals surface area contributed by atoms with Crippen LogP contribution in [0.4, 0.5) is 4.79 Å². The zero-order valence-corrected chi connectivity index (χ0v) is 16.6. The lowest BCUT2D eigenvalue weighted by Crippen LogP contribution is -2.64. The second-order valence-corrected chi connectivity index (χ2v) is 9.09. The van der Waals surface area contributed by atoms with Crippen LogP contribution in [0.2, 0.25) is 0 Å². The van der Waals surface area contributed by atoms with Crippen molar-refractivity contribution in [3.8, 4) is 0 Å². The van der Waals surface area contributed by atoms with Gasteiger partial charge in [-0.05, 0) is 59.3 Å². The highest BCUT2D eigenvalue weighted by atomic mass is 16.6. The van der Waals surface area contributed by atoms with Crippen LogP contribution in [-0.4, -0.2) is 43.0 Å². The van der Waals surface area contributed by atoms with Gasteiger partial charge >= 0.3 is 6.09 Å². The predicted molar refractivity (Wildman–Crippen MR) is 103 cm³/mol. The van der Waals surface area contributed by atoms with E-state index in [0.29, 0.717) is 11.3 Å². The zero-order chi connectivity index (χ0) is 20.0. The van der Waals surface area contributed by atoms with Crippen LogP contribution < -0.4 is 10.6 Å². The van der Waals surface area contributed by atoms with Crippen molar-refractivity contribution in [2.24, 2.45) is 0 Å². The number of hydrogen-bond acceptors (Lipinski definition) is 5. The van der Waals surface area contributed by atoms with Gasteiger partial charge in [-0.2, -0.15) is 0 Å². The van der Waals surface area contributed by atoms with Crippen LogP contribution in [0.5, 0.6) is 0 Å². The summed E-state index contributed by atoms with van der Waals surface area (Å²) < 4.78 is 7.18. The molecule has 2 heterocycles. The van der Waals surface area contributed by atoms with Crippen LogP contribution in [0.3, 0.4) is 0 Å². The molecule has 8 heteroatoms. The Hall–Kier alpha value is -2.64. The third-order valence-corrected chi connectivity index (χ3v) is 5.94. The number of amides is 2. The SMILES string of the molecule is CC(C)(C)OC(=O)NC12CCC(NC(=O)c3cnc4cnccn34)(CC1)CC2. The van der Waals surface area contributed by atoms with Gasteiger partial charge < -0.3 is 15.4 Å². The highest BCUT2D eigenvalue weighted by Crippen LogP contribution is 2.47. The first-order valence-electron chi connectivity index (χ1n) is 9.80. The molecule has 0 atom stereocenters. The van der Waals surface area contributed by atoms with Crippen molar-refractivity contribution in [2.45, 2.75) is 76.0 Å². The first kappa shape index (κ1) is 18.7. The van der Waals surface area contributed by atoms with Crippen molar-refractivity contribution >= 4 is 17.6 Å². The Morgan fingerprint density at radius 2 is 1.64 bits per heavy atom. The van der Waals surface area contributed by atoms with Crippen molar-refractivity contribution in [2.75, 3.05) is 0 Å². The summed E-state index contributed by atoms with van der Waals surface area (Å²) in [6, 6.07) is 0. The van der Waals surface area contributed by atoms with E-state index in [4.69, 9.17) is 4.74 Å². The molecule has 0 radical (unpaired) electrons. The zero-order valence-electron chi connectivity index (χ0n) is 16.6. The van der Waals surface area contributed by atoms with E-state index >= 15 is 0 Å². The second kappa shape index (κ2) is 6.46. The maximum Gasteiger partial charge on any atom is 0.408 e. The lowest BCUT2D eigenvalue weighted by Gasteiger charge is -2.53. The number of aromatic nitrogens is 3. The molecule has 3 aliphatic rings. The minimum absolute atomic E-state index is 0.117. The minimum Gasteiger partial charge on any atom is -0.444 e. The van der Waals surface area contributed by atoms with E-state index in [0.717, 1.165) is 38.5 Å². The highest BCUT2D eigenvalue weighted by Gasteiger charge is 2.50. The van der Waals surface area contributed by atoms with Crippen LogP contribution in [0, 0.1) is 0 Å². The van der Waals surface area contributed by atoms with Gasteiger partial charge in [0.25, 0.3) is 5.91 Å². The molecule has 28 heavy (non-hydrogen) atoms. The molecule has 2 aromatic heterocycles. The van der Waals surface area contributed by atoms with Crippen molar-refractivity contribution < 1.29 is 14.3 Å². The predicted octanol–water partition coefficient (Wildman–Crippen LogP) is 2.83. The number of rotatable bonds is 3. The molecular weight excluding hydrogens is 358 g/mol. The molecule has 0 unspecified atom stereocenters. The highest BCUT2D eigenvalue weighted by molar-refractivity contribution is 5.93. The van der Waals surface area contributed by atoms with E-state index in [9.17, 15) is 9.59 Å². The molecule has 0 spiro atoms. The monoisotopic (exact) mass is 385 g/mol. The number of fused-ring (bicyclic) bond motifs is 4. The van der Waals surface area contributed by atoms with E-state index in [1.54, 1.807) is 29.2 Å². The van der Waals surface area contributed by atoms with Gasteiger partial charge in [0.1, 0.15) is 11.3 Å². The Bertz CT molecular complexity index is 889. The van der Waals surface area contributed by atoms with Crippen molar-refractivity contribution in [1.82, 2.24) is 25.0 Å². The number of imidazole rings is 1. The van der Waals surface area contributed by atoms with E-state index in [-0.39, 0.29) is 23.1 Å². The van der Waals surface area contributed by atoms with Gasteiger partial charge in [-0.25, -0.2) is 9.78 Å². The lowest BCUT2D eigenvalue weighted by atomic mass is 9.61. The minimum atomic E-state index is -0.509. The van der Waals surface area contributed by atoms with Gasteiger partial charge in [-0.3, -0.25) is 14.2 Å². The average molecular weight is 385 g/mol. The summed E-state index contributed by atoms with van der Waals surface area (Å²) in [6.07, 6.45) is 11.3. The number of ether oxygens (including phenoxy) is 1. The Labute approximate surface area is 164 Å². The molecule has 8 nitrogen and oxygen atoms in total. The maximum absolute atomic E-state index is 12.9. The first-order chi connectivity index (χ1) is 13.2. The fourth-order valence-electron chi connectivity index (χ4n) is 4.40. The third-order valence-electron chi connectivity index (χ3n) is 5.94. The number of carbonyl (C=O) groups excluding carboxylic acids is 2. The second-order valence-electron chi connectivity index (χ2n) is 9.09. The summed E-state index contributed by atoms with van der Waals surface area (Å²) >= 11 is 0. The maximum atomic E-state index is 12.9. The van der Waals surface area contributed by atoms with Gasteiger partial charge in [-0.15, -0.1) is 0 Å². The number of alkyl carbamates (subject to hydrolysis) is 1. The summed E-state index contributed by atoms with van der Waals surface area (Å²) in [6.45, 7) is 5.59. The fraction of sp³-hybridized carbons (Fsp3) is 0.600. The fourth-order valence-corrected chi connectivity index (χ4v) is 4.40. The van der Waals surface area contributed by atoms with Gasteiger partial charge in [0.2, 0.25) is 0 Å². The molecule has 2 N–H and O–H groups in total. The molecular formula is C20H27N5O3. The van der Waals surface area contributed by atoms with Gasteiger partial charge in [0.15, 0.2) is 5.65 Å². The number of nitrogens with one attached hydrogen (secondary N) is 2. The molecule has 150 valence electrons. The molecule has 5 rings (SSSR count). The lowest BCUT2D eigenvalue weighted by molar-refractivity contribution is 0.0199. The topological polar surface area (TPSA) is 97.6 Å². The van der Waals surface area contributed by atoms with Crippen LogP contribution in [-0.2, 0) is 4.74 Å². The third kappa shape index (κ3) is 3.55. The van der Waals surface area contributed by atoms with Crippen molar-refractivity contribution in [1.29, 1.82) is 0 Å². The van der Waals surface area contributed by atoms with E-state index in [2.05, 4.69) is 20.6 Å². The van der Waals surface area contributed by atoms with Crippen LogP contribution >= 0.6 is 0 Å². The summed E-state index contributed by atoms with van der Waals surface area (Å²) in [4.78, 5) is 33.4. The average Bonchev–Trinajstić information content (AvgIpc) is 3.06. The number of nitrogens with zero attached hydrogens (tertiary/aromatic N) is 3. The summed E-state index contributed by atoms with van der Waals surface area (Å²) in [5.74, 6) is -0.117. The number of hydrogen-bond donors (Lipinski definition) is 2. The molecule has 2 bridgehead atoms. The first-order valence-corrected chi connectivity index (χ1v) is 9.80.